The Kier molecular flexibility index (Phi) is 2.83. The molecule has 0 aromatic heterocycles. The third kappa shape index (κ3) is 1.85. The molecule has 0 saturated heterocycles. The summed E-state index contributed by atoms with van der Waals surface area (Å²) in [6, 6.07) is 19.7. The van der Waals surface area contributed by atoms with Gasteiger partial charge in [0.2, 0.25) is 0 Å². The molecule has 106 valence electrons. The molecule has 4 aromatic carbocycles. The Morgan fingerprint density at radius 1 is 0.864 bits per heavy atom. The van der Waals surface area contributed by atoms with E-state index in [-0.39, 0.29) is 5.43 Å². The number of methoxy groups -OCH3 is 1. The molecule has 0 saturated carbocycles. The van der Waals surface area contributed by atoms with E-state index in [2.05, 4.69) is 0 Å². The zero-order valence-electron chi connectivity index (χ0n) is 12.2. The minimum Gasteiger partial charge on any atom is -0.497 e. The molecule has 0 N–H and O–H groups in total. The van der Waals surface area contributed by atoms with Crippen LogP contribution >= 0.6 is 0 Å². The number of ether oxygens (including phenoxy) is 1. The lowest BCUT2D eigenvalue weighted by molar-refractivity contribution is 0.415. The van der Waals surface area contributed by atoms with Crippen LogP contribution < -0.4 is 15.4 Å². The highest BCUT2D eigenvalue weighted by Gasteiger charge is 2.10. The second-order valence-electron chi connectivity index (χ2n) is 5.37. The van der Waals surface area contributed by atoms with E-state index in [1.54, 1.807) is 7.11 Å². The molecule has 0 amide bonds. The van der Waals surface area contributed by atoms with Crippen LogP contribution in [-0.4, -0.2) is 7.11 Å². The summed E-state index contributed by atoms with van der Waals surface area (Å²) in [5.74, 6) is 0.810. The Hall–Kier alpha value is -2.87. The summed E-state index contributed by atoms with van der Waals surface area (Å²) in [6.07, 6.45) is 1.95. The normalized spacial score (nSPS) is 12.3. The van der Waals surface area contributed by atoms with Crippen molar-refractivity contribution in [2.24, 2.45) is 0 Å². The fraction of sp³-hybridized carbons (Fsp3) is 0.0500. The highest BCUT2D eigenvalue weighted by Crippen LogP contribution is 2.22. The van der Waals surface area contributed by atoms with E-state index in [0.29, 0.717) is 0 Å². The van der Waals surface area contributed by atoms with Gasteiger partial charge in [0.05, 0.1) is 7.11 Å². The third-order valence-corrected chi connectivity index (χ3v) is 4.11. The topological polar surface area (TPSA) is 26.3 Å². The van der Waals surface area contributed by atoms with Crippen molar-refractivity contribution in [2.45, 2.75) is 0 Å². The molecule has 0 atom stereocenters. The standard InChI is InChI=1S/C20H14O2/c1-22-15-10-8-13(9-11-15)12-18-16-6-2-4-14-5-3-7-17(19(14)16)20(18)21/h2-12H,1H3/b18-12-. The van der Waals surface area contributed by atoms with Gasteiger partial charge in [-0.15, -0.1) is 0 Å². The van der Waals surface area contributed by atoms with Gasteiger partial charge in [-0.3, -0.25) is 4.79 Å². The van der Waals surface area contributed by atoms with Gasteiger partial charge >= 0.3 is 0 Å². The second kappa shape index (κ2) is 4.85. The summed E-state index contributed by atoms with van der Waals surface area (Å²) in [5, 5.41) is 4.76. The van der Waals surface area contributed by atoms with Crippen LogP contribution in [0.1, 0.15) is 5.56 Å². The molecule has 2 heteroatoms. The van der Waals surface area contributed by atoms with Crippen molar-refractivity contribution in [1.29, 1.82) is 0 Å². The van der Waals surface area contributed by atoms with Crippen molar-refractivity contribution in [2.75, 3.05) is 7.11 Å². The zero-order chi connectivity index (χ0) is 15.1. The smallest absolute Gasteiger partial charge is 0.194 e. The van der Waals surface area contributed by atoms with Crippen LogP contribution in [0.25, 0.3) is 27.6 Å². The van der Waals surface area contributed by atoms with Crippen LogP contribution in [0.15, 0.2) is 65.5 Å². The van der Waals surface area contributed by atoms with Gasteiger partial charge in [-0.2, -0.15) is 0 Å². The molecule has 4 rings (SSSR count). The fourth-order valence-corrected chi connectivity index (χ4v) is 3.03. The van der Waals surface area contributed by atoms with Crippen LogP contribution in [0.3, 0.4) is 0 Å². The van der Waals surface area contributed by atoms with Crippen molar-refractivity contribution < 1.29 is 4.74 Å². The van der Waals surface area contributed by atoms with E-state index in [0.717, 1.165) is 38.1 Å². The lowest BCUT2D eigenvalue weighted by Gasteiger charge is -1.99. The maximum absolute atomic E-state index is 12.7. The van der Waals surface area contributed by atoms with E-state index >= 15 is 0 Å². The number of hydrogen-bond donors (Lipinski definition) is 0. The molecule has 22 heavy (non-hydrogen) atoms. The van der Waals surface area contributed by atoms with Crippen molar-refractivity contribution in [3.63, 3.8) is 0 Å². The predicted molar refractivity (Wildman–Crippen MR) is 90.7 cm³/mol. The third-order valence-electron chi connectivity index (χ3n) is 4.11. The number of benzene rings is 3. The molecule has 4 aromatic rings. The van der Waals surface area contributed by atoms with Crippen LogP contribution in [-0.2, 0) is 0 Å². The first-order chi connectivity index (χ1) is 10.8. The first-order valence-electron chi connectivity index (χ1n) is 7.20. The van der Waals surface area contributed by atoms with Gasteiger partial charge < -0.3 is 4.74 Å². The summed E-state index contributed by atoms with van der Waals surface area (Å²) in [6.45, 7) is 0. The quantitative estimate of drug-likeness (QED) is 0.565. The summed E-state index contributed by atoms with van der Waals surface area (Å²) in [4.78, 5) is 12.7. The highest BCUT2D eigenvalue weighted by molar-refractivity contribution is 6.12. The van der Waals surface area contributed by atoms with Crippen molar-refractivity contribution in [1.82, 2.24) is 0 Å². The van der Waals surface area contributed by atoms with Crippen LogP contribution in [0, 0.1) is 0 Å². The predicted octanol–water partition coefficient (Wildman–Crippen LogP) is 3.35. The van der Waals surface area contributed by atoms with E-state index in [4.69, 9.17) is 4.74 Å². The molecular weight excluding hydrogens is 272 g/mol. The molecule has 2 nitrogen and oxygen atoms in total. The van der Waals surface area contributed by atoms with E-state index in [1.165, 1.54) is 0 Å². The van der Waals surface area contributed by atoms with E-state index in [9.17, 15) is 4.79 Å². The summed E-state index contributed by atoms with van der Waals surface area (Å²) >= 11 is 0. The van der Waals surface area contributed by atoms with Crippen molar-refractivity contribution in [3.8, 4) is 5.75 Å². The average Bonchev–Trinajstić information content (AvgIpc) is 2.84. The lowest BCUT2D eigenvalue weighted by Crippen LogP contribution is -2.19. The van der Waals surface area contributed by atoms with Crippen LogP contribution in [0.5, 0.6) is 5.75 Å². The lowest BCUT2D eigenvalue weighted by atomic mass is 10.1. The van der Waals surface area contributed by atoms with Crippen molar-refractivity contribution >= 4 is 27.6 Å². The van der Waals surface area contributed by atoms with Gasteiger partial charge in [0.15, 0.2) is 5.43 Å². The minimum atomic E-state index is 0.0996. The molecule has 0 heterocycles. The Balaban J connectivity index is 2.06. The van der Waals surface area contributed by atoms with E-state index in [1.807, 2.05) is 66.7 Å². The van der Waals surface area contributed by atoms with Gasteiger partial charge in [0.25, 0.3) is 0 Å². The molecule has 0 fully saturated rings. The summed E-state index contributed by atoms with van der Waals surface area (Å²) in [5.41, 5.74) is 1.09. The Labute approximate surface area is 127 Å². The zero-order valence-corrected chi connectivity index (χ0v) is 12.2. The maximum atomic E-state index is 12.7. The summed E-state index contributed by atoms with van der Waals surface area (Å²) in [7, 11) is 1.64. The van der Waals surface area contributed by atoms with Gasteiger partial charge in [-0.1, -0.05) is 48.5 Å². The molecule has 0 aliphatic heterocycles. The van der Waals surface area contributed by atoms with Gasteiger partial charge in [0.1, 0.15) is 5.75 Å². The first kappa shape index (κ1) is 12.8. The molecule has 0 aliphatic rings. The average molecular weight is 286 g/mol. The van der Waals surface area contributed by atoms with Crippen molar-refractivity contribution in [3.05, 3.63) is 81.7 Å². The fourth-order valence-electron chi connectivity index (χ4n) is 3.03. The molecule has 0 unspecified atom stereocenters. The first-order valence-corrected chi connectivity index (χ1v) is 7.20. The second-order valence-corrected chi connectivity index (χ2v) is 5.37. The minimum absolute atomic E-state index is 0.0996. The maximum Gasteiger partial charge on any atom is 0.194 e. The van der Waals surface area contributed by atoms with Gasteiger partial charge in [-0.25, -0.2) is 0 Å². The number of hydrogen-bond acceptors (Lipinski definition) is 2. The SMILES string of the molecule is COc1ccc(/C=c2\c(=O)c3cccc4cccc2c43)cc1. The Bertz CT molecular complexity index is 1060. The molecule has 0 aliphatic carbocycles. The summed E-state index contributed by atoms with van der Waals surface area (Å²) < 4.78 is 5.17. The van der Waals surface area contributed by atoms with Gasteiger partial charge in [-0.05, 0) is 34.5 Å². The molecule has 0 spiro atoms. The van der Waals surface area contributed by atoms with E-state index < -0.39 is 0 Å². The Morgan fingerprint density at radius 2 is 1.55 bits per heavy atom. The van der Waals surface area contributed by atoms with Gasteiger partial charge in [0, 0.05) is 16.0 Å². The van der Waals surface area contributed by atoms with Crippen LogP contribution in [0.2, 0.25) is 0 Å². The monoisotopic (exact) mass is 286 g/mol. The van der Waals surface area contributed by atoms with Crippen LogP contribution in [0.4, 0.5) is 0 Å². The molecule has 0 radical (unpaired) electrons. The largest absolute Gasteiger partial charge is 0.497 e. The molecule has 0 bridgehead atoms. The highest BCUT2D eigenvalue weighted by atomic mass is 16.5. The number of rotatable bonds is 2. The Morgan fingerprint density at radius 3 is 2.23 bits per heavy atom. The molecular formula is C20H14O2.